The number of fused-ring (bicyclic) bond motifs is 2. The summed E-state index contributed by atoms with van der Waals surface area (Å²) in [6.45, 7) is 13.2. The number of carbonyl (C=O) groups excluding carboxylic acids is 11. The van der Waals surface area contributed by atoms with Gasteiger partial charge < -0.3 is 61.3 Å². The van der Waals surface area contributed by atoms with E-state index in [4.69, 9.17) is 10.5 Å². The summed E-state index contributed by atoms with van der Waals surface area (Å²) in [7, 11) is 3.96. The number of hydrogen-bond donors (Lipinski definition) is 6. The van der Waals surface area contributed by atoms with Crippen LogP contribution in [0.2, 0.25) is 0 Å². The number of hydrogen-bond acceptors (Lipinski definition) is 13. The Morgan fingerprint density at radius 2 is 1.20 bits per heavy atom. The fourth-order valence-electron chi connectivity index (χ4n) is 10.7. The highest BCUT2D eigenvalue weighted by Crippen LogP contribution is 2.26. The molecule has 3 heterocycles. The van der Waals surface area contributed by atoms with Gasteiger partial charge in [-0.15, -0.1) is 0 Å². The van der Waals surface area contributed by atoms with E-state index in [0.717, 1.165) is 14.7 Å². The number of nitrogens with one attached hydrogen (secondary N) is 4. The van der Waals surface area contributed by atoms with E-state index in [-0.39, 0.29) is 51.6 Å². The van der Waals surface area contributed by atoms with Gasteiger partial charge in [-0.2, -0.15) is 0 Å². The third-order valence-electron chi connectivity index (χ3n) is 16.1. The van der Waals surface area contributed by atoms with E-state index in [2.05, 4.69) is 21.3 Å². The van der Waals surface area contributed by atoms with Gasteiger partial charge in [0.2, 0.25) is 53.2 Å². The molecule has 10 amide bonds. The number of rotatable bonds is 14. The average molecular weight is 1140 g/mol. The fourth-order valence-corrected chi connectivity index (χ4v) is 10.7. The molecule has 24 heteroatoms. The summed E-state index contributed by atoms with van der Waals surface area (Å²) >= 11 is 0. The van der Waals surface area contributed by atoms with Crippen LogP contribution in [0.4, 0.5) is 0 Å². The molecular weight excluding hydrogens is 1050 g/mol. The maximum Gasteiger partial charge on any atom is 0.329 e. The van der Waals surface area contributed by atoms with Gasteiger partial charge in [0.15, 0.2) is 6.10 Å². The first-order valence-electron chi connectivity index (χ1n) is 28.5. The van der Waals surface area contributed by atoms with E-state index in [1.165, 1.54) is 30.9 Å². The van der Waals surface area contributed by atoms with E-state index in [1.54, 1.807) is 85.7 Å². The highest BCUT2D eigenvalue weighted by molar-refractivity contribution is 5.99. The van der Waals surface area contributed by atoms with E-state index < -0.39 is 169 Å². The molecule has 0 bridgehead atoms. The Bertz CT molecular complexity index is 2440. The smallest absolute Gasteiger partial charge is 0.329 e. The van der Waals surface area contributed by atoms with Gasteiger partial charge in [-0.1, -0.05) is 92.1 Å². The average Bonchev–Trinajstić information content (AvgIpc) is 3.93. The molecule has 0 aromatic heterocycles. The van der Waals surface area contributed by atoms with Crippen LogP contribution in [-0.4, -0.2) is 196 Å². The fraction of sp³-hybridized carbons (Fsp3) is 0.684. The van der Waals surface area contributed by atoms with Crippen LogP contribution in [0.3, 0.4) is 0 Å². The van der Waals surface area contributed by atoms with Crippen LogP contribution in [0.15, 0.2) is 30.3 Å². The van der Waals surface area contributed by atoms with E-state index in [0.29, 0.717) is 31.2 Å². The van der Waals surface area contributed by atoms with Crippen LogP contribution >= 0.6 is 0 Å². The van der Waals surface area contributed by atoms with Crippen LogP contribution in [0.25, 0.3) is 0 Å². The predicted molar refractivity (Wildman–Crippen MR) is 296 cm³/mol. The van der Waals surface area contributed by atoms with Gasteiger partial charge in [0.25, 0.3) is 5.91 Å². The number of aliphatic carboxylic acids is 1. The molecule has 3 aliphatic heterocycles. The third-order valence-corrected chi connectivity index (χ3v) is 16.1. The molecule has 450 valence electrons. The molecule has 11 atom stereocenters. The Kier molecular flexibility index (Phi) is 25.1. The number of piperidine rings is 1. The van der Waals surface area contributed by atoms with Crippen molar-refractivity contribution < 1.29 is 67.4 Å². The molecule has 3 fully saturated rings. The van der Waals surface area contributed by atoms with Crippen molar-refractivity contribution in [2.45, 2.75) is 187 Å². The number of carboxylic acids is 1. The molecule has 24 nitrogen and oxygen atoms in total. The molecule has 1 aromatic carbocycles. The molecule has 0 spiro atoms. The maximum atomic E-state index is 14.9. The number of nitrogens with two attached hydrogens (primary N) is 1. The second-order valence-electron chi connectivity index (χ2n) is 22.6. The largest absolute Gasteiger partial charge is 0.481 e. The highest BCUT2D eigenvalue weighted by atomic mass is 16.6. The van der Waals surface area contributed by atoms with Gasteiger partial charge in [-0.05, 0) is 74.7 Å². The molecule has 0 saturated carbocycles. The number of carbonyl (C=O) groups is 12. The van der Waals surface area contributed by atoms with Crippen molar-refractivity contribution in [1.29, 1.82) is 0 Å². The number of ether oxygens (including phenoxy) is 1. The minimum absolute atomic E-state index is 0.0587. The standard InChI is InChI=1S/C57H88N10O14/c1-12-34(7)46-55(78)67-28-18-17-22-40(67)51(74)61-45(32(3)4)54(77)64(10)41(25-27-44(70)71)57(80)81-48(35(8)13-2)52(75)60-37(30-36-20-15-14-16-21-36)53(76)66-29-19-23-39(66)49(72)59-31-43(69)65(11)47(33(5)6)56(79)63(9)38(50(73)62-46)24-26-42(58)68/h14-16,20-21,32-35,37-41,45-48H,12-13,17-19,22-31H2,1-11H3,(H2,58,68)(H,59,72)(H,60,75)(H,61,74)(H,62,73)(H,70,71)/t34-,35-,37-,38-,39-,40-,41-,45-,46-,47-,48-/m0/s1. The molecular formula is C57H88N10O14. The minimum atomic E-state index is -1.60. The highest BCUT2D eigenvalue weighted by Gasteiger charge is 2.45. The Balaban J connectivity index is 1.87. The molecule has 81 heavy (non-hydrogen) atoms. The zero-order valence-electron chi connectivity index (χ0n) is 49.1. The molecule has 3 saturated heterocycles. The number of likely N-dealkylation sites (N-methyl/N-ethyl adjacent to an activating group) is 3. The second-order valence-corrected chi connectivity index (χ2v) is 22.6. The van der Waals surface area contributed by atoms with Gasteiger partial charge in [0, 0.05) is 59.4 Å². The first kappa shape index (κ1) is 66.4. The lowest BCUT2D eigenvalue weighted by molar-refractivity contribution is -0.167. The predicted octanol–water partition coefficient (Wildman–Crippen LogP) is 1.11. The summed E-state index contributed by atoms with van der Waals surface area (Å²) < 4.78 is 5.97. The maximum absolute atomic E-state index is 14.9. The van der Waals surface area contributed by atoms with Gasteiger partial charge in [-0.3, -0.25) is 52.7 Å². The van der Waals surface area contributed by atoms with Gasteiger partial charge in [0.05, 0.1) is 6.54 Å². The zero-order chi connectivity index (χ0) is 60.6. The topological polar surface area (TPSA) is 325 Å². The molecule has 0 radical (unpaired) electrons. The van der Waals surface area contributed by atoms with Crippen LogP contribution in [-0.2, 0) is 68.7 Å². The van der Waals surface area contributed by atoms with Gasteiger partial charge in [0.1, 0.15) is 48.3 Å². The molecule has 0 aliphatic carbocycles. The van der Waals surface area contributed by atoms with Crippen LogP contribution < -0.4 is 27.0 Å². The molecule has 7 N–H and O–H groups in total. The van der Waals surface area contributed by atoms with E-state index >= 15 is 0 Å². The Morgan fingerprint density at radius 3 is 1.79 bits per heavy atom. The Labute approximate surface area is 475 Å². The van der Waals surface area contributed by atoms with Crippen LogP contribution in [0.1, 0.15) is 132 Å². The van der Waals surface area contributed by atoms with Crippen molar-refractivity contribution in [3.63, 3.8) is 0 Å². The van der Waals surface area contributed by atoms with Crippen LogP contribution in [0.5, 0.6) is 0 Å². The zero-order valence-corrected chi connectivity index (χ0v) is 49.1. The van der Waals surface area contributed by atoms with Crippen molar-refractivity contribution in [2.75, 3.05) is 40.8 Å². The lowest BCUT2D eigenvalue weighted by Gasteiger charge is -2.40. The van der Waals surface area contributed by atoms with Gasteiger partial charge >= 0.3 is 11.9 Å². The van der Waals surface area contributed by atoms with Crippen molar-refractivity contribution in [3.05, 3.63) is 35.9 Å². The summed E-state index contributed by atoms with van der Waals surface area (Å²) in [6.07, 6.45) is -0.910. The summed E-state index contributed by atoms with van der Waals surface area (Å²) in [6, 6.07) is -1.65. The summed E-state index contributed by atoms with van der Waals surface area (Å²) in [4.78, 5) is 176. The number of benzene rings is 1. The Hall–Kier alpha value is -7.14. The van der Waals surface area contributed by atoms with Crippen molar-refractivity contribution in [2.24, 2.45) is 29.4 Å². The lowest BCUT2D eigenvalue weighted by Crippen LogP contribution is -2.63. The molecule has 4 rings (SSSR count). The number of amides is 10. The summed E-state index contributed by atoms with van der Waals surface area (Å²) in [5.41, 5.74) is 6.20. The van der Waals surface area contributed by atoms with Gasteiger partial charge in [-0.25, -0.2) is 4.79 Å². The van der Waals surface area contributed by atoms with Crippen molar-refractivity contribution >= 4 is 71.0 Å². The molecule has 0 unspecified atom stereocenters. The normalized spacial score (nSPS) is 27.0. The van der Waals surface area contributed by atoms with Crippen molar-refractivity contribution in [3.8, 4) is 0 Å². The third kappa shape index (κ3) is 17.4. The minimum Gasteiger partial charge on any atom is -0.481 e. The van der Waals surface area contributed by atoms with Crippen molar-refractivity contribution in [1.82, 2.24) is 45.8 Å². The lowest BCUT2D eigenvalue weighted by atomic mass is 9.93. The summed E-state index contributed by atoms with van der Waals surface area (Å²) in [5, 5.41) is 20.8. The number of primary amides is 1. The first-order valence-corrected chi connectivity index (χ1v) is 28.5. The molecule has 3 aliphatic rings. The van der Waals surface area contributed by atoms with Crippen LogP contribution in [0, 0.1) is 23.7 Å². The number of nitrogens with zero attached hydrogens (tertiary/aromatic N) is 5. The quantitative estimate of drug-likeness (QED) is 0.142. The number of esters is 1. The first-order chi connectivity index (χ1) is 38.2. The van der Waals surface area contributed by atoms with E-state index in [1.807, 2.05) is 0 Å². The Morgan fingerprint density at radius 1 is 0.630 bits per heavy atom. The second kappa shape index (κ2) is 30.6. The van der Waals surface area contributed by atoms with E-state index in [9.17, 15) is 62.6 Å². The summed E-state index contributed by atoms with van der Waals surface area (Å²) in [5.74, 6) is -12.2. The molecule has 1 aromatic rings. The SMILES string of the molecule is CC[C@H](C)[C@@H]1NC(=O)[C@H](CCC(N)=O)N(C)C(=O)[C@H](C(C)C)N(C)C(=O)CNC(=O)[C@@H]2CCCN2C(=O)[C@H](Cc2ccccc2)NC(=O)[C@H]([C@@H](C)CC)OC(=O)[C@H](CCC(=O)O)N(C)C(=O)[C@H](C(C)C)NC(=O)[C@@H]2CCCCN2C1=O. The number of carboxylic acid groups (broad SMARTS) is 1. The number of cyclic esters (lactones) is 1. The monoisotopic (exact) mass is 1140 g/mol.